The van der Waals surface area contributed by atoms with Crippen LogP contribution in [0.25, 0.3) is 0 Å². The molecule has 1 amide bonds. The number of hydrogen-bond donors (Lipinski definition) is 1. The molecule has 0 unspecified atom stereocenters. The van der Waals surface area contributed by atoms with Crippen molar-refractivity contribution in [3.05, 3.63) is 64.6 Å². The number of nitrogens with one attached hydrogen (secondary N) is 1. The van der Waals surface area contributed by atoms with E-state index in [-0.39, 0.29) is 11.6 Å². The lowest BCUT2D eigenvalue weighted by atomic mass is 10.0. The molecule has 1 fully saturated rings. The van der Waals surface area contributed by atoms with E-state index in [4.69, 9.17) is 9.98 Å². The summed E-state index contributed by atoms with van der Waals surface area (Å²) in [6.45, 7) is 0. The van der Waals surface area contributed by atoms with Crippen LogP contribution < -0.4 is 5.32 Å². The molecular formula is C23H24BrN3OS. The summed E-state index contributed by atoms with van der Waals surface area (Å²) < 4.78 is 1.04. The molecule has 1 saturated carbocycles. The van der Waals surface area contributed by atoms with Crippen LogP contribution in [0.15, 0.2) is 69.1 Å². The third kappa shape index (κ3) is 5.17. The Bertz CT molecular complexity index is 917. The van der Waals surface area contributed by atoms with Crippen molar-refractivity contribution in [1.29, 1.82) is 0 Å². The van der Waals surface area contributed by atoms with Gasteiger partial charge < -0.3 is 5.32 Å². The fourth-order valence-corrected chi connectivity index (χ4v) is 4.93. The van der Waals surface area contributed by atoms with Gasteiger partial charge in [-0.25, -0.2) is 4.99 Å². The number of halogens is 1. The van der Waals surface area contributed by atoms with Gasteiger partial charge in [0, 0.05) is 15.7 Å². The molecule has 0 saturated heterocycles. The SMILES string of the molecule is O=C(CSC1=NC2(CCCCCC2)N=C1c1ccc(Br)cc1)Nc1ccccc1. The van der Waals surface area contributed by atoms with Crippen molar-refractivity contribution >= 4 is 50.0 Å². The number of para-hydroxylation sites is 1. The van der Waals surface area contributed by atoms with E-state index < -0.39 is 0 Å². The summed E-state index contributed by atoms with van der Waals surface area (Å²) in [5.41, 5.74) is 2.46. The smallest absolute Gasteiger partial charge is 0.234 e. The van der Waals surface area contributed by atoms with E-state index in [0.717, 1.165) is 52.2 Å². The molecule has 0 atom stereocenters. The van der Waals surface area contributed by atoms with Crippen LogP contribution in [0.2, 0.25) is 0 Å². The standard InChI is InChI=1S/C23H24BrN3OS/c24-18-12-10-17(11-13-18)21-22(27-23(26-21)14-6-1-2-7-15-23)29-16-20(28)25-19-8-4-3-5-9-19/h3-5,8-13H,1-2,6-7,14-16H2,(H,25,28). The highest BCUT2D eigenvalue weighted by Crippen LogP contribution is 2.38. The molecule has 2 aromatic carbocycles. The molecule has 0 radical (unpaired) electrons. The number of thioether (sulfide) groups is 1. The van der Waals surface area contributed by atoms with Gasteiger partial charge in [-0.3, -0.25) is 9.79 Å². The maximum Gasteiger partial charge on any atom is 0.234 e. The lowest BCUT2D eigenvalue weighted by Gasteiger charge is -2.20. The summed E-state index contributed by atoms with van der Waals surface area (Å²) in [6, 6.07) is 17.7. The fourth-order valence-electron chi connectivity index (χ4n) is 3.79. The van der Waals surface area contributed by atoms with E-state index in [1.165, 1.54) is 24.6 Å². The molecule has 29 heavy (non-hydrogen) atoms. The van der Waals surface area contributed by atoms with E-state index in [0.29, 0.717) is 5.75 Å². The summed E-state index contributed by atoms with van der Waals surface area (Å²) in [7, 11) is 0. The van der Waals surface area contributed by atoms with Crippen molar-refractivity contribution in [2.45, 2.75) is 44.2 Å². The normalized spacial score (nSPS) is 18.1. The molecule has 1 spiro atoms. The maximum atomic E-state index is 12.4. The number of carbonyl (C=O) groups is 1. The number of hydrogen-bond acceptors (Lipinski definition) is 4. The van der Waals surface area contributed by atoms with Crippen molar-refractivity contribution < 1.29 is 4.79 Å². The first-order chi connectivity index (χ1) is 14.1. The lowest BCUT2D eigenvalue weighted by Crippen LogP contribution is -2.20. The Morgan fingerprint density at radius 3 is 2.34 bits per heavy atom. The number of aliphatic imine (C=N–C) groups is 2. The van der Waals surface area contributed by atoms with Crippen molar-refractivity contribution in [2.75, 3.05) is 11.1 Å². The Balaban J connectivity index is 1.52. The molecule has 6 heteroatoms. The number of benzene rings is 2. The Morgan fingerprint density at radius 1 is 0.966 bits per heavy atom. The molecule has 0 bridgehead atoms. The molecule has 2 aromatic rings. The van der Waals surface area contributed by atoms with Crippen molar-refractivity contribution in [3.8, 4) is 0 Å². The highest BCUT2D eigenvalue weighted by Gasteiger charge is 2.37. The van der Waals surface area contributed by atoms with Gasteiger partial charge in [-0.1, -0.05) is 70.9 Å². The second-order valence-corrected chi connectivity index (χ2v) is 9.36. The third-order valence-corrected chi connectivity index (χ3v) is 6.74. The molecule has 150 valence electrons. The Labute approximate surface area is 184 Å². The van der Waals surface area contributed by atoms with Crippen LogP contribution in [0.5, 0.6) is 0 Å². The molecule has 1 heterocycles. The Kier molecular flexibility index (Phi) is 6.50. The molecule has 1 aliphatic carbocycles. The van der Waals surface area contributed by atoms with Gasteiger partial charge in [0.1, 0.15) is 5.04 Å². The first kappa shape index (κ1) is 20.4. The highest BCUT2D eigenvalue weighted by atomic mass is 79.9. The first-order valence-electron chi connectivity index (χ1n) is 10.1. The summed E-state index contributed by atoms with van der Waals surface area (Å²) >= 11 is 4.99. The fraction of sp³-hybridized carbons (Fsp3) is 0.348. The van der Waals surface area contributed by atoms with Crippen molar-refractivity contribution in [1.82, 2.24) is 0 Å². The van der Waals surface area contributed by atoms with E-state index >= 15 is 0 Å². The quantitative estimate of drug-likeness (QED) is 0.590. The predicted octanol–water partition coefficient (Wildman–Crippen LogP) is 6.07. The van der Waals surface area contributed by atoms with Gasteiger partial charge in [0.2, 0.25) is 5.91 Å². The zero-order valence-electron chi connectivity index (χ0n) is 16.2. The van der Waals surface area contributed by atoms with Crippen molar-refractivity contribution in [3.63, 3.8) is 0 Å². The van der Waals surface area contributed by atoms with Crippen LogP contribution in [0.1, 0.15) is 44.1 Å². The Morgan fingerprint density at radius 2 is 1.66 bits per heavy atom. The maximum absolute atomic E-state index is 12.4. The third-order valence-electron chi connectivity index (χ3n) is 5.25. The van der Waals surface area contributed by atoms with Crippen LogP contribution in [0.4, 0.5) is 5.69 Å². The van der Waals surface area contributed by atoms with Crippen LogP contribution in [-0.2, 0) is 4.79 Å². The molecule has 4 rings (SSSR count). The summed E-state index contributed by atoms with van der Waals surface area (Å²) in [5, 5.41) is 3.83. The average Bonchev–Trinajstić information content (AvgIpc) is 2.92. The Hall–Kier alpha value is -1.92. The molecule has 2 aliphatic rings. The second-order valence-electron chi connectivity index (χ2n) is 7.48. The number of rotatable bonds is 4. The topological polar surface area (TPSA) is 53.8 Å². The van der Waals surface area contributed by atoms with Gasteiger partial charge in [0.05, 0.1) is 11.5 Å². The summed E-state index contributed by atoms with van der Waals surface area (Å²) in [4.78, 5) is 22.7. The summed E-state index contributed by atoms with van der Waals surface area (Å²) in [5.74, 6) is 0.292. The number of carbonyl (C=O) groups excluding carboxylic acids is 1. The number of nitrogens with zero attached hydrogens (tertiary/aromatic N) is 2. The minimum Gasteiger partial charge on any atom is -0.325 e. The largest absolute Gasteiger partial charge is 0.325 e. The zero-order chi connectivity index (χ0) is 20.1. The van der Waals surface area contributed by atoms with Gasteiger partial charge in [0.25, 0.3) is 0 Å². The predicted molar refractivity (Wildman–Crippen MR) is 126 cm³/mol. The van der Waals surface area contributed by atoms with Gasteiger partial charge in [-0.05, 0) is 49.9 Å². The molecular weight excluding hydrogens is 446 g/mol. The van der Waals surface area contributed by atoms with Crippen molar-refractivity contribution in [2.24, 2.45) is 9.98 Å². The van der Waals surface area contributed by atoms with Gasteiger partial charge in [-0.2, -0.15) is 0 Å². The molecule has 1 aliphatic heterocycles. The van der Waals surface area contributed by atoms with Gasteiger partial charge >= 0.3 is 0 Å². The molecule has 0 aromatic heterocycles. The van der Waals surface area contributed by atoms with E-state index in [1.807, 2.05) is 42.5 Å². The van der Waals surface area contributed by atoms with Gasteiger partial charge in [0.15, 0.2) is 5.66 Å². The number of anilines is 1. The van der Waals surface area contributed by atoms with Crippen LogP contribution in [0.3, 0.4) is 0 Å². The lowest BCUT2D eigenvalue weighted by molar-refractivity contribution is -0.113. The van der Waals surface area contributed by atoms with E-state index in [1.54, 1.807) is 0 Å². The molecule has 4 nitrogen and oxygen atoms in total. The zero-order valence-corrected chi connectivity index (χ0v) is 18.6. The second kappa shape index (κ2) is 9.26. The summed E-state index contributed by atoms with van der Waals surface area (Å²) in [6.07, 6.45) is 6.81. The molecule has 1 N–H and O–H groups in total. The van der Waals surface area contributed by atoms with Gasteiger partial charge in [-0.15, -0.1) is 0 Å². The minimum absolute atomic E-state index is 0.0270. The number of amides is 1. The monoisotopic (exact) mass is 469 g/mol. The minimum atomic E-state index is -0.336. The van der Waals surface area contributed by atoms with Crippen LogP contribution >= 0.6 is 27.7 Å². The van der Waals surface area contributed by atoms with E-state index in [2.05, 4.69) is 33.4 Å². The van der Waals surface area contributed by atoms with Crippen LogP contribution in [0, 0.1) is 0 Å². The van der Waals surface area contributed by atoms with E-state index in [9.17, 15) is 4.79 Å². The van der Waals surface area contributed by atoms with Crippen LogP contribution in [-0.4, -0.2) is 28.1 Å². The average molecular weight is 470 g/mol. The highest BCUT2D eigenvalue weighted by molar-refractivity contribution is 9.10. The first-order valence-corrected chi connectivity index (χ1v) is 11.9.